The van der Waals surface area contributed by atoms with Crippen LogP contribution in [0.5, 0.6) is 0 Å². The largest absolute Gasteiger partial charge is 0.469 e. The van der Waals surface area contributed by atoms with E-state index in [1.165, 1.54) is 66.3 Å². The molecule has 0 amide bonds. The van der Waals surface area contributed by atoms with E-state index in [-0.39, 0.29) is 149 Å². The number of aliphatic hydroxyl groups is 4. The van der Waals surface area contributed by atoms with Crippen LogP contribution in [0, 0.1) is 82.9 Å². The zero-order valence-electron chi connectivity index (χ0n) is 63.7. The van der Waals surface area contributed by atoms with E-state index in [1.807, 2.05) is 62.3 Å². The fraction of sp³-hybridized carbons (Fsp3) is 0.886. The van der Waals surface area contributed by atoms with Crippen LogP contribution in [0.2, 0.25) is 0 Å². The van der Waals surface area contributed by atoms with E-state index in [2.05, 4.69) is 14.2 Å². The summed E-state index contributed by atoms with van der Waals surface area (Å²) in [4.78, 5) is 102. The number of hydrogen-bond acceptors (Lipinski definition) is 20. The number of Topliss-reactive ketones (excluding diaryl/α,β-unsaturated/α-hetero) is 2. The molecule has 8 aliphatic rings. The molecule has 1 saturated heterocycles. The molecule has 1 aliphatic heterocycles. The van der Waals surface area contributed by atoms with Crippen molar-refractivity contribution < 1.29 is 96.7 Å². The lowest BCUT2D eigenvalue weighted by Crippen LogP contribution is -2.38. The summed E-state index contributed by atoms with van der Waals surface area (Å²) in [7, 11) is 4.22. The molecule has 19 unspecified atom stereocenters. The molecular formula is C79H138O20. The van der Waals surface area contributed by atoms with Crippen molar-refractivity contribution in [2.45, 2.75) is 324 Å². The summed E-state index contributed by atoms with van der Waals surface area (Å²) in [6.45, 7) is 19.9. The number of esters is 7. The quantitative estimate of drug-likeness (QED) is 0.0613. The summed E-state index contributed by atoms with van der Waals surface area (Å²) < 4.78 is 34.2. The number of carbonyl (C=O) groups excluding carboxylic acids is 9. The highest BCUT2D eigenvalue weighted by atomic mass is 16.6. The molecule has 8 fully saturated rings. The first-order chi connectivity index (χ1) is 47.2. The highest BCUT2D eigenvalue weighted by Gasteiger charge is 2.37. The fourth-order valence-electron chi connectivity index (χ4n) is 15.6. The lowest BCUT2D eigenvalue weighted by atomic mass is 9.79. The molecule has 0 radical (unpaired) electrons. The van der Waals surface area contributed by atoms with Crippen LogP contribution in [-0.2, 0) is 76.3 Å². The minimum atomic E-state index is -0.212. The van der Waals surface area contributed by atoms with Gasteiger partial charge in [0.2, 0.25) is 0 Å². The van der Waals surface area contributed by atoms with E-state index in [0.29, 0.717) is 63.0 Å². The maximum absolute atomic E-state index is 11.6. The molecule has 19 atom stereocenters. The molecule has 8 rings (SSSR count). The smallest absolute Gasteiger partial charge is 0.308 e. The van der Waals surface area contributed by atoms with Gasteiger partial charge in [-0.05, 0) is 192 Å². The molecule has 99 heavy (non-hydrogen) atoms. The number of ether oxygens (including phenoxy) is 7. The normalized spacial score (nSPS) is 29.1. The minimum absolute atomic E-state index is 0.0261. The second-order valence-electron chi connectivity index (χ2n) is 30.1. The van der Waals surface area contributed by atoms with Gasteiger partial charge in [-0.3, -0.25) is 43.2 Å². The van der Waals surface area contributed by atoms with Crippen molar-refractivity contribution >= 4 is 53.4 Å². The van der Waals surface area contributed by atoms with Gasteiger partial charge in [0.15, 0.2) is 0 Å². The average molecular weight is 1410 g/mol. The van der Waals surface area contributed by atoms with Crippen molar-refractivity contribution in [1.82, 2.24) is 0 Å². The first-order valence-electron chi connectivity index (χ1n) is 38.9. The number of fused-ring (bicyclic) bond motifs is 1. The van der Waals surface area contributed by atoms with Gasteiger partial charge < -0.3 is 53.6 Å². The Kier molecular flexibility index (Phi) is 47.2. The molecule has 7 saturated carbocycles. The fourth-order valence-corrected chi connectivity index (χ4v) is 15.6. The molecular weight excluding hydrogens is 1270 g/mol. The van der Waals surface area contributed by atoms with Crippen molar-refractivity contribution in [2.24, 2.45) is 82.9 Å². The monoisotopic (exact) mass is 1410 g/mol. The second kappa shape index (κ2) is 51.6. The topological polar surface area (TPSA) is 299 Å². The van der Waals surface area contributed by atoms with Crippen LogP contribution in [-0.4, -0.2) is 145 Å². The van der Waals surface area contributed by atoms with Gasteiger partial charge in [-0.1, -0.05) is 119 Å². The number of rotatable bonds is 21. The molecule has 0 bridgehead atoms. The summed E-state index contributed by atoms with van der Waals surface area (Å²) in [6.07, 6.45) is 34.2. The second-order valence-corrected chi connectivity index (χ2v) is 30.1. The molecule has 4 N–H and O–H groups in total. The summed E-state index contributed by atoms with van der Waals surface area (Å²) in [5.74, 6) is 1.27. The van der Waals surface area contributed by atoms with Gasteiger partial charge in [0.1, 0.15) is 17.7 Å². The number of carbonyl (C=O) groups is 9. The van der Waals surface area contributed by atoms with Crippen LogP contribution in [0.3, 0.4) is 0 Å². The predicted octanol–water partition coefficient (Wildman–Crippen LogP) is 14.1. The van der Waals surface area contributed by atoms with E-state index < -0.39 is 0 Å². The molecule has 20 nitrogen and oxygen atoms in total. The molecule has 574 valence electrons. The van der Waals surface area contributed by atoms with Gasteiger partial charge in [-0.15, -0.1) is 0 Å². The summed E-state index contributed by atoms with van der Waals surface area (Å²) >= 11 is 0. The van der Waals surface area contributed by atoms with Gasteiger partial charge in [-0.25, -0.2) is 0 Å². The zero-order valence-corrected chi connectivity index (χ0v) is 63.7. The maximum Gasteiger partial charge on any atom is 0.308 e. The van der Waals surface area contributed by atoms with Gasteiger partial charge in [-0.2, -0.15) is 0 Å². The van der Waals surface area contributed by atoms with Crippen LogP contribution < -0.4 is 0 Å². The van der Waals surface area contributed by atoms with E-state index in [9.17, 15) is 63.6 Å². The SMILES string of the molecule is CC1CC2CCCCC2OC1=O.CCOC(=O)C(C)CC1CCCCC1=O.CCOC(=O)C(C)CC1CCCCC1O.CCOC(=O)C(C)CC1CCCCC1O.COC(=O)C(C)CC1CCCCC1=O.COC(=O)C(C)CC1CCCCC1O.COC(=O)C(C)CC1CCCCC1O. The van der Waals surface area contributed by atoms with Gasteiger partial charge in [0.05, 0.1) is 107 Å². The molecule has 1 heterocycles. The first kappa shape index (κ1) is 90.6. The van der Waals surface area contributed by atoms with E-state index in [4.69, 9.17) is 18.9 Å². The molecule has 7 aliphatic carbocycles. The van der Waals surface area contributed by atoms with E-state index in [0.717, 1.165) is 154 Å². The van der Waals surface area contributed by atoms with Crippen LogP contribution in [0.1, 0.15) is 294 Å². The van der Waals surface area contributed by atoms with Crippen LogP contribution in [0.15, 0.2) is 0 Å². The molecule has 0 aromatic carbocycles. The number of hydrogen-bond donors (Lipinski definition) is 4. The molecule has 0 aromatic heterocycles. The molecule has 20 heteroatoms. The van der Waals surface area contributed by atoms with Crippen LogP contribution >= 0.6 is 0 Å². The Morgan fingerprint density at radius 1 is 0.374 bits per heavy atom. The number of methoxy groups -OCH3 is 3. The Bertz CT molecular complexity index is 2220. The lowest BCUT2D eigenvalue weighted by molar-refractivity contribution is -0.167. The van der Waals surface area contributed by atoms with Crippen molar-refractivity contribution in [3.05, 3.63) is 0 Å². The van der Waals surface area contributed by atoms with E-state index in [1.54, 1.807) is 6.92 Å². The van der Waals surface area contributed by atoms with Gasteiger partial charge >= 0.3 is 41.8 Å². The minimum Gasteiger partial charge on any atom is -0.469 e. The maximum atomic E-state index is 11.6. The first-order valence-corrected chi connectivity index (χ1v) is 38.9. The standard InChI is InChI=1S/2C12H22O3.C12H20O3.2C11H20O3.C11H18O3.C10H16O2/c3*1-3-15-12(14)9(2)8-10-6-4-5-7-11(10)13;3*1-8(11(13)14-2)7-9-5-3-4-6-10(9)12;1-7-6-8-4-2-3-5-9(8)12-10(7)11/h2*9-11,13H,3-8H2,1-2H3;9-10H,3-8H2,1-2H3;2*8-10,12H,3-7H2,1-2H3;8-9H,3-7H2,1-2H3;7-9H,2-6H2,1H3. The lowest BCUT2D eigenvalue weighted by Gasteiger charge is -2.37. The Morgan fingerprint density at radius 2 is 0.636 bits per heavy atom. The molecule has 0 aromatic rings. The Labute approximate surface area is 596 Å². The number of aliphatic hydroxyl groups excluding tert-OH is 4. The molecule has 0 spiro atoms. The van der Waals surface area contributed by atoms with Gasteiger partial charge in [0.25, 0.3) is 0 Å². The van der Waals surface area contributed by atoms with Crippen molar-refractivity contribution in [2.75, 3.05) is 41.2 Å². The highest BCUT2D eigenvalue weighted by Crippen LogP contribution is 2.37. The Hall–Kier alpha value is -4.53. The van der Waals surface area contributed by atoms with Gasteiger partial charge in [0, 0.05) is 24.7 Å². The summed E-state index contributed by atoms with van der Waals surface area (Å²) in [5, 5.41) is 39.0. The van der Waals surface area contributed by atoms with Crippen molar-refractivity contribution in [3.8, 4) is 0 Å². The Morgan fingerprint density at radius 3 is 0.929 bits per heavy atom. The Balaban J connectivity index is 0.000000393. The summed E-state index contributed by atoms with van der Waals surface area (Å²) in [5.41, 5.74) is 0. The summed E-state index contributed by atoms with van der Waals surface area (Å²) in [6, 6.07) is 0. The number of ketones is 2. The van der Waals surface area contributed by atoms with Crippen LogP contribution in [0.25, 0.3) is 0 Å². The highest BCUT2D eigenvalue weighted by molar-refractivity contribution is 5.83. The predicted molar refractivity (Wildman–Crippen MR) is 380 cm³/mol. The van der Waals surface area contributed by atoms with Crippen LogP contribution in [0.4, 0.5) is 0 Å². The third-order valence-electron chi connectivity index (χ3n) is 21.8. The van der Waals surface area contributed by atoms with Crippen molar-refractivity contribution in [1.29, 1.82) is 0 Å². The van der Waals surface area contributed by atoms with E-state index >= 15 is 0 Å². The van der Waals surface area contributed by atoms with Crippen molar-refractivity contribution in [3.63, 3.8) is 0 Å². The third kappa shape index (κ3) is 36.0. The zero-order chi connectivity index (χ0) is 74.0. The average Bonchev–Trinajstić information content (AvgIpc) is 0.858. The third-order valence-corrected chi connectivity index (χ3v) is 21.8.